The van der Waals surface area contributed by atoms with Gasteiger partial charge < -0.3 is 10.5 Å². The number of morpholine rings is 1. The first kappa shape index (κ1) is 15.9. The number of hydrogen-bond acceptors (Lipinski definition) is 4. The van der Waals surface area contributed by atoms with E-state index in [9.17, 15) is 0 Å². The second kappa shape index (κ2) is 5.72. The second-order valence-electron chi connectivity index (χ2n) is 6.71. The van der Waals surface area contributed by atoms with E-state index in [1.807, 2.05) is 6.20 Å². The van der Waals surface area contributed by atoms with Crippen LogP contribution in [0.1, 0.15) is 39.3 Å². The Balaban J connectivity index is 2.27. The Bertz CT molecular complexity index is 460. The van der Waals surface area contributed by atoms with Crippen molar-refractivity contribution in [3.63, 3.8) is 0 Å². The van der Waals surface area contributed by atoms with E-state index in [1.54, 1.807) is 6.20 Å². The van der Waals surface area contributed by atoms with E-state index in [0.29, 0.717) is 6.54 Å². The summed E-state index contributed by atoms with van der Waals surface area (Å²) in [6, 6.07) is 2.27. The average Bonchev–Trinajstić information content (AvgIpc) is 2.25. The van der Waals surface area contributed by atoms with Crippen molar-refractivity contribution in [1.82, 2.24) is 9.88 Å². The lowest BCUT2D eigenvalue weighted by atomic mass is 9.95. The monoisotopic (exact) mass is 341 g/mol. The molecule has 1 aromatic heterocycles. The van der Waals surface area contributed by atoms with Gasteiger partial charge in [-0.2, -0.15) is 0 Å². The number of pyridine rings is 1. The molecule has 1 unspecified atom stereocenters. The summed E-state index contributed by atoms with van der Waals surface area (Å²) in [4.78, 5) is 6.67. The van der Waals surface area contributed by atoms with Crippen LogP contribution in [0, 0.1) is 0 Å². The highest BCUT2D eigenvalue weighted by atomic mass is 79.9. The van der Waals surface area contributed by atoms with Crippen LogP contribution in [0.15, 0.2) is 22.9 Å². The number of hydrogen-bond donors (Lipinski definition) is 1. The number of nitrogens with two attached hydrogens (primary N) is 1. The maximum atomic E-state index is 6.14. The Labute approximate surface area is 129 Å². The molecule has 0 radical (unpaired) electrons. The summed E-state index contributed by atoms with van der Waals surface area (Å²) in [5.41, 5.74) is 6.84. The molecule has 112 valence electrons. The summed E-state index contributed by atoms with van der Waals surface area (Å²) in [5, 5.41) is 0. The van der Waals surface area contributed by atoms with Gasteiger partial charge in [0.15, 0.2) is 0 Å². The van der Waals surface area contributed by atoms with Gasteiger partial charge in [-0.25, -0.2) is 0 Å². The van der Waals surface area contributed by atoms with Gasteiger partial charge in [0, 0.05) is 42.5 Å². The van der Waals surface area contributed by atoms with Crippen LogP contribution in [0.25, 0.3) is 0 Å². The number of halogens is 1. The number of nitrogens with zero attached hydrogens (tertiary/aromatic N) is 2. The van der Waals surface area contributed by atoms with Gasteiger partial charge >= 0.3 is 0 Å². The van der Waals surface area contributed by atoms with E-state index < -0.39 is 0 Å². The first-order valence-electron chi connectivity index (χ1n) is 6.97. The van der Waals surface area contributed by atoms with Gasteiger partial charge in [0.05, 0.1) is 11.2 Å². The molecular weight excluding hydrogens is 318 g/mol. The van der Waals surface area contributed by atoms with Crippen LogP contribution in [0.4, 0.5) is 0 Å². The first-order chi connectivity index (χ1) is 9.22. The van der Waals surface area contributed by atoms with Crippen molar-refractivity contribution in [2.45, 2.75) is 44.9 Å². The van der Waals surface area contributed by atoms with Crippen molar-refractivity contribution in [1.29, 1.82) is 0 Å². The summed E-state index contributed by atoms with van der Waals surface area (Å²) in [7, 11) is 0. The fraction of sp³-hybridized carbons (Fsp3) is 0.667. The maximum absolute atomic E-state index is 6.14. The van der Waals surface area contributed by atoms with Gasteiger partial charge in [-0.15, -0.1) is 0 Å². The zero-order valence-electron chi connectivity index (χ0n) is 12.7. The van der Waals surface area contributed by atoms with E-state index in [0.717, 1.165) is 23.1 Å². The van der Waals surface area contributed by atoms with Gasteiger partial charge in [0.1, 0.15) is 0 Å². The van der Waals surface area contributed by atoms with E-state index in [2.05, 4.69) is 59.6 Å². The van der Waals surface area contributed by atoms with E-state index >= 15 is 0 Å². The number of aromatic nitrogens is 1. The van der Waals surface area contributed by atoms with Crippen LogP contribution < -0.4 is 5.73 Å². The fourth-order valence-corrected chi connectivity index (χ4v) is 3.56. The molecule has 1 aliphatic rings. The molecule has 0 aromatic carbocycles. The van der Waals surface area contributed by atoms with Gasteiger partial charge in [-0.1, -0.05) is 0 Å². The van der Waals surface area contributed by atoms with Gasteiger partial charge in [0.25, 0.3) is 0 Å². The molecule has 2 rings (SSSR count). The molecule has 1 fully saturated rings. The van der Waals surface area contributed by atoms with Crippen LogP contribution >= 0.6 is 15.9 Å². The summed E-state index contributed by atoms with van der Waals surface area (Å²) in [6.07, 6.45) is 3.70. The Hall–Kier alpha value is -0.490. The van der Waals surface area contributed by atoms with Crippen LogP contribution in [-0.2, 0) is 4.74 Å². The van der Waals surface area contributed by atoms with Crippen LogP contribution in [0.3, 0.4) is 0 Å². The normalized spacial score (nSPS) is 23.5. The van der Waals surface area contributed by atoms with Crippen molar-refractivity contribution >= 4 is 15.9 Å². The lowest BCUT2D eigenvalue weighted by Crippen LogP contribution is -2.58. The lowest BCUT2D eigenvalue weighted by Gasteiger charge is -2.49. The Kier molecular flexibility index (Phi) is 4.54. The van der Waals surface area contributed by atoms with Crippen molar-refractivity contribution in [2.24, 2.45) is 5.73 Å². The molecule has 5 heteroatoms. The molecule has 0 saturated carbocycles. The van der Waals surface area contributed by atoms with Crippen molar-refractivity contribution in [3.8, 4) is 0 Å². The first-order valence-corrected chi connectivity index (χ1v) is 7.76. The third-order valence-electron chi connectivity index (χ3n) is 3.50. The van der Waals surface area contributed by atoms with E-state index in [1.165, 1.54) is 0 Å². The quantitative estimate of drug-likeness (QED) is 0.918. The minimum absolute atomic E-state index is 0.169. The van der Waals surface area contributed by atoms with E-state index in [4.69, 9.17) is 10.5 Å². The van der Waals surface area contributed by atoms with E-state index in [-0.39, 0.29) is 17.2 Å². The van der Waals surface area contributed by atoms with Crippen LogP contribution in [0.5, 0.6) is 0 Å². The molecule has 4 nitrogen and oxygen atoms in total. The zero-order chi connectivity index (χ0) is 15.0. The number of ether oxygens (including phenoxy) is 1. The van der Waals surface area contributed by atoms with Gasteiger partial charge in [-0.3, -0.25) is 9.88 Å². The molecule has 2 heterocycles. The standard InChI is InChI=1S/C15H24BrN3O/c1-14(2)9-19(10-15(3,4)20-14)13(6-17)11-5-12(16)8-18-7-11/h5,7-8,13H,6,9-10,17H2,1-4H3. The topological polar surface area (TPSA) is 51.4 Å². The Morgan fingerprint density at radius 2 is 1.90 bits per heavy atom. The minimum Gasteiger partial charge on any atom is -0.367 e. The maximum Gasteiger partial charge on any atom is 0.0761 e. The fourth-order valence-electron chi connectivity index (χ4n) is 3.17. The second-order valence-corrected chi connectivity index (χ2v) is 7.63. The van der Waals surface area contributed by atoms with Crippen LogP contribution in [-0.4, -0.2) is 40.7 Å². The lowest BCUT2D eigenvalue weighted by molar-refractivity contribution is -0.187. The predicted octanol–water partition coefficient (Wildman–Crippen LogP) is 2.73. The molecule has 2 N–H and O–H groups in total. The Morgan fingerprint density at radius 1 is 1.30 bits per heavy atom. The van der Waals surface area contributed by atoms with Crippen molar-refractivity contribution in [3.05, 3.63) is 28.5 Å². The molecule has 0 amide bonds. The highest BCUT2D eigenvalue weighted by molar-refractivity contribution is 9.10. The molecule has 20 heavy (non-hydrogen) atoms. The SMILES string of the molecule is CC1(C)CN(C(CN)c2cncc(Br)c2)CC(C)(C)O1. The van der Waals surface area contributed by atoms with Gasteiger partial charge in [-0.05, 0) is 55.3 Å². The predicted molar refractivity (Wildman–Crippen MR) is 84.5 cm³/mol. The zero-order valence-corrected chi connectivity index (χ0v) is 14.3. The van der Waals surface area contributed by atoms with Crippen LogP contribution in [0.2, 0.25) is 0 Å². The highest BCUT2D eigenvalue weighted by Gasteiger charge is 2.40. The van der Waals surface area contributed by atoms with Crippen molar-refractivity contribution < 1.29 is 4.74 Å². The molecule has 0 aliphatic carbocycles. The Morgan fingerprint density at radius 3 is 2.40 bits per heavy atom. The number of rotatable bonds is 3. The smallest absolute Gasteiger partial charge is 0.0761 e. The van der Waals surface area contributed by atoms with Gasteiger partial charge in [0.2, 0.25) is 0 Å². The third kappa shape index (κ3) is 3.79. The molecule has 0 spiro atoms. The summed E-state index contributed by atoms with van der Waals surface area (Å²) < 4.78 is 7.12. The minimum atomic E-state index is -0.172. The highest BCUT2D eigenvalue weighted by Crippen LogP contribution is 2.33. The molecule has 1 aromatic rings. The summed E-state index contributed by atoms with van der Waals surface area (Å²) in [5.74, 6) is 0. The molecule has 1 aliphatic heterocycles. The largest absolute Gasteiger partial charge is 0.367 e. The summed E-state index contributed by atoms with van der Waals surface area (Å²) in [6.45, 7) is 10.8. The third-order valence-corrected chi connectivity index (χ3v) is 3.93. The molecule has 1 saturated heterocycles. The summed E-state index contributed by atoms with van der Waals surface area (Å²) >= 11 is 3.48. The van der Waals surface area contributed by atoms with Crippen molar-refractivity contribution in [2.75, 3.05) is 19.6 Å². The molecular formula is C15H24BrN3O. The molecule has 0 bridgehead atoms. The average molecular weight is 342 g/mol. The molecule has 1 atom stereocenters.